The van der Waals surface area contributed by atoms with Crippen molar-refractivity contribution in [1.29, 1.82) is 0 Å². The number of aryl methyl sites for hydroxylation is 1. The van der Waals surface area contributed by atoms with Crippen LogP contribution in [0.3, 0.4) is 0 Å². The Balaban J connectivity index is 1.40. The fraction of sp³-hybridized carbons (Fsp3) is 0.500. The zero-order chi connectivity index (χ0) is 18.2. The predicted molar refractivity (Wildman–Crippen MR) is 101 cm³/mol. The van der Waals surface area contributed by atoms with Crippen LogP contribution in [0.1, 0.15) is 48.7 Å². The molecule has 0 atom stereocenters. The molecule has 140 valence electrons. The lowest BCUT2D eigenvalue weighted by Gasteiger charge is -2.20. The molecule has 1 aromatic carbocycles. The quantitative estimate of drug-likeness (QED) is 0.711. The van der Waals surface area contributed by atoms with Crippen LogP contribution >= 0.6 is 0 Å². The summed E-state index contributed by atoms with van der Waals surface area (Å²) in [5, 5.41) is 13.7. The highest BCUT2D eigenvalue weighted by molar-refractivity contribution is 5.80. The Bertz CT molecular complexity index is 962. The van der Waals surface area contributed by atoms with E-state index in [1.54, 1.807) is 0 Å². The average molecular weight is 364 g/mol. The summed E-state index contributed by atoms with van der Waals surface area (Å²) in [5.41, 5.74) is 3.33. The van der Waals surface area contributed by atoms with Crippen molar-refractivity contribution in [1.82, 2.24) is 30.1 Å². The van der Waals surface area contributed by atoms with Gasteiger partial charge in [0.25, 0.3) is 0 Å². The Hall–Kier alpha value is -2.54. The van der Waals surface area contributed by atoms with Gasteiger partial charge in [-0.05, 0) is 47.9 Å². The molecule has 0 radical (unpaired) electrons. The summed E-state index contributed by atoms with van der Waals surface area (Å²) in [6.07, 6.45) is 4.90. The second-order valence-electron chi connectivity index (χ2n) is 7.69. The van der Waals surface area contributed by atoms with Gasteiger partial charge in [-0.3, -0.25) is 4.90 Å². The number of benzene rings is 1. The van der Waals surface area contributed by atoms with Gasteiger partial charge in [0.05, 0.1) is 18.1 Å². The zero-order valence-corrected chi connectivity index (χ0v) is 15.6. The van der Waals surface area contributed by atoms with Crippen LogP contribution in [0.2, 0.25) is 0 Å². The Morgan fingerprint density at radius 2 is 2.07 bits per heavy atom. The van der Waals surface area contributed by atoms with Crippen LogP contribution in [0.25, 0.3) is 10.9 Å². The number of nitrogens with zero attached hydrogens (tertiary/aromatic N) is 6. The minimum absolute atomic E-state index is 0.458. The first-order chi connectivity index (χ1) is 13.3. The second-order valence-corrected chi connectivity index (χ2v) is 7.69. The van der Waals surface area contributed by atoms with Gasteiger partial charge in [0, 0.05) is 24.0 Å². The summed E-state index contributed by atoms with van der Waals surface area (Å²) < 4.78 is 8.01. The van der Waals surface area contributed by atoms with Crippen molar-refractivity contribution in [3.63, 3.8) is 0 Å². The van der Waals surface area contributed by atoms with Gasteiger partial charge in [-0.2, -0.15) is 0 Å². The van der Waals surface area contributed by atoms with E-state index in [1.165, 1.54) is 31.2 Å². The van der Waals surface area contributed by atoms with Gasteiger partial charge in [-0.15, -0.1) is 5.10 Å². The third-order valence-electron chi connectivity index (χ3n) is 5.65. The molecule has 0 unspecified atom stereocenters. The molecule has 1 saturated carbocycles. The van der Waals surface area contributed by atoms with Crippen LogP contribution < -0.4 is 4.74 Å². The maximum absolute atomic E-state index is 5.96. The lowest BCUT2D eigenvalue weighted by atomic mass is 10.1. The van der Waals surface area contributed by atoms with E-state index in [2.05, 4.69) is 51.6 Å². The number of ether oxygens (including phenoxy) is 1. The van der Waals surface area contributed by atoms with Crippen molar-refractivity contribution in [2.75, 3.05) is 13.2 Å². The van der Waals surface area contributed by atoms with Crippen LogP contribution in [0, 0.1) is 6.92 Å². The van der Waals surface area contributed by atoms with Gasteiger partial charge in [0.15, 0.2) is 5.82 Å². The number of aromatic nitrogens is 5. The topological polar surface area (TPSA) is 69.0 Å². The molecule has 0 bridgehead atoms. The first-order valence-electron chi connectivity index (χ1n) is 9.78. The highest BCUT2D eigenvalue weighted by atomic mass is 16.5. The molecule has 1 aliphatic carbocycles. The molecule has 2 aromatic heterocycles. The number of tetrazole rings is 1. The van der Waals surface area contributed by atoms with E-state index >= 15 is 0 Å². The normalized spacial score (nSPS) is 18.4. The lowest BCUT2D eigenvalue weighted by molar-refractivity contribution is 0.208. The molecule has 27 heavy (non-hydrogen) atoms. The summed E-state index contributed by atoms with van der Waals surface area (Å²) in [6.45, 7) is 5.08. The molecule has 2 aliphatic rings. The first-order valence-corrected chi connectivity index (χ1v) is 9.78. The minimum atomic E-state index is 0.458. The van der Waals surface area contributed by atoms with E-state index in [9.17, 15) is 0 Å². The Morgan fingerprint density at radius 3 is 2.96 bits per heavy atom. The summed E-state index contributed by atoms with van der Waals surface area (Å²) >= 11 is 0. The summed E-state index contributed by atoms with van der Waals surface area (Å²) in [6, 6.07) is 9.03. The van der Waals surface area contributed by atoms with Crippen LogP contribution in [0.5, 0.6) is 5.88 Å². The Morgan fingerprint density at radius 1 is 1.19 bits per heavy atom. The van der Waals surface area contributed by atoms with Crippen molar-refractivity contribution in [3.8, 4) is 5.88 Å². The molecule has 0 amide bonds. The average Bonchev–Trinajstić information content (AvgIpc) is 3.29. The second kappa shape index (κ2) is 6.88. The summed E-state index contributed by atoms with van der Waals surface area (Å²) in [5.74, 6) is 1.71. The van der Waals surface area contributed by atoms with E-state index < -0.39 is 0 Å². The van der Waals surface area contributed by atoms with Crippen LogP contribution in [0.4, 0.5) is 0 Å². The minimum Gasteiger partial charge on any atom is -0.476 e. The van der Waals surface area contributed by atoms with Gasteiger partial charge >= 0.3 is 0 Å². The van der Waals surface area contributed by atoms with Crippen molar-refractivity contribution >= 4 is 10.9 Å². The van der Waals surface area contributed by atoms with E-state index in [4.69, 9.17) is 9.72 Å². The molecule has 5 rings (SSSR count). The maximum atomic E-state index is 5.96. The number of hydrogen-bond donors (Lipinski definition) is 0. The van der Waals surface area contributed by atoms with Gasteiger partial charge < -0.3 is 4.74 Å². The van der Waals surface area contributed by atoms with Crippen LogP contribution in [0.15, 0.2) is 24.3 Å². The maximum Gasteiger partial charge on any atom is 0.218 e. The molecule has 1 aliphatic heterocycles. The molecule has 3 heterocycles. The lowest BCUT2D eigenvalue weighted by Crippen LogP contribution is -2.27. The largest absolute Gasteiger partial charge is 0.476 e. The molecular formula is C20H24N6O. The standard InChI is InChI=1S/C20H24N6O/c1-14-6-7-15-11-16-12-25(8-9-27-20(16)21-18(15)10-14)13-19-22-23-24-26(19)17-4-2-3-5-17/h6-7,10-11,17H,2-5,8-9,12-13H2,1H3. The molecule has 7 nitrogen and oxygen atoms in total. The fourth-order valence-electron chi connectivity index (χ4n) is 4.22. The van der Waals surface area contributed by atoms with Crippen molar-refractivity contribution in [2.24, 2.45) is 0 Å². The van der Waals surface area contributed by atoms with Gasteiger partial charge in [0.2, 0.25) is 5.88 Å². The van der Waals surface area contributed by atoms with Gasteiger partial charge in [-0.25, -0.2) is 9.67 Å². The molecule has 7 heteroatoms. The monoisotopic (exact) mass is 364 g/mol. The number of rotatable bonds is 3. The van der Waals surface area contributed by atoms with E-state index in [-0.39, 0.29) is 0 Å². The molecule has 0 spiro atoms. The Labute approximate surface area is 158 Å². The number of pyridine rings is 1. The fourth-order valence-corrected chi connectivity index (χ4v) is 4.22. The Kier molecular flexibility index (Phi) is 4.24. The highest BCUT2D eigenvalue weighted by Gasteiger charge is 2.24. The van der Waals surface area contributed by atoms with Crippen molar-refractivity contribution in [2.45, 2.75) is 51.7 Å². The van der Waals surface area contributed by atoms with E-state index in [0.29, 0.717) is 12.6 Å². The SMILES string of the molecule is Cc1ccc2cc3c(nc2c1)OCCN(Cc1nnnn1C1CCCC1)C3. The van der Waals surface area contributed by atoms with Crippen LogP contribution in [-0.4, -0.2) is 43.2 Å². The van der Waals surface area contributed by atoms with Crippen molar-refractivity contribution < 1.29 is 4.74 Å². The smallest absolute Gasteiger partial charge is 0.218 e. The van der Waals surface area contributed by atoms with Gasteiger partial charge in [0.1, 0.15) is 6.61 Å². The first kappa shape index (κ1) is 16.6. The molecular weight excluding hydrogens is 340 g/mol. The molecule has 0 N–H and O–H groups in total. The third kappa shape index (κ3) is 3.27. The van der Waals surface area contributed by atoms with Crippen molar-refractivity contribution in [3.05, 3.63) is 41.2 Å². The zero-order valence-electron chi connectivity index (χ0n) is 15.6. The van der Waals surface area contributed by atoms with E-state index in [0.717, 1.165) is 47.8 Å². The number of fused-ring (bicyclic) bond motifs is 2. The molecule has 3 aromatic rings. The van der Waals surface area contributed by atoms with E-state index in [1.807, 2.05) is 4.68 Å². The third-order valence-corrected chi connectivity index (χ3v) is 5.65. The summed E-state index contributed by atoms with van der Waals surface area (Å²) in [7, 11) is 0. The molecule has 1 fully saturated rings. The highest BCUT2D eigenvalue weighted by Crippen LogP contribution is 2.30. The number of hydrogen-bond acceptors (Lipinski definition) is 6. The predicted octanol–water partition coefficient (Wildman–Crippen LogP) is 3.04. The van der Waals surface area contributed by atoms with Gasteiger partial charge in [-0.1, -0.05) is 25.0 Å². The molecule has 0 saturated heterocycles. The van der Waals surface area contributed by atoms with Crippen LogP contribution in [-0.2, 0) is 13.1 Å². The summed E-state index contributed by atoms with van der Waals surface area (Å²) in [4.78, 5) is 7.11.